The molecule has 1 saturated heterocycles. The van der Waals surface area contributed by atoms with Crippen LogP contribution in [0.1, 0.15) is 44.0 Å². The maximum absolute atomic E-state index is 12.7. The fourth-order valence-corrected chi connectivity index (χ4v) is 5.76. The highest BCUT2D eigenvalue weighted by Gasteiger charge is 2.27. The Morgan fingerprint density at radius 1 is 1.17 bits per heavy atom. The van der Waals surface area contributed by atoms with Gasteiger partial charge in [-0.15, -0.1) is 0 Å². The summed E-state index contributed by atoms with van der Waals surface area (Å²) in [5.41, 5.74) is -0.484. The highest BCUT2D eigenvalue weighted by Crippen LogP contribution is 2.26. The standard InChI is InChI=1S/C19H31N3O6S2/c1-19(2,3)21-30(26,27)17-12-15(6-7-16(17)28-4)18(23)20-13-14-8-10-22(11-9-14)29(5,24)25/h6-7,12,14,21H,8-11,13H2,1-5H3,(H,20,23). The molecule has 170 valence electrons. The molecule has 0 atom stereocenters. The third-order valence-corrected chi connectivity index (χ3v) is 7.83. The van der Waals surface area contributed by atoms with Gasteiger partial charge in [-0.1, -0.05) is 0 Å². The minimum atomic E-state index is -3.89. The number of nitrogens with one attached hydrogen (secondary N) is 2. The van der Waals surface area contributed by atoms with Crippen molar-refractivity contribution >= 4 is 26.0 Å². The van der Waals surface area contributed by atoms with Gasteiger partial charge in [0.05, 0.1) is 13.4 Å². The lowest BCUT2D eigenvalue weighted by molar-refractivity contribution is 0.0941. The number of carbonyl (C=O) groups is 1. The number of benzene rings is 1. The Morgan fingerprint density at radius 3 is 2.27 bits per heavy atom. The van der Waals surface area contributed by atoms with Crippen LogP contribution in [0.5, 0.6) is 5.75 Å². The Hall–Kier alpha value is -1.69. The van der Waals surface area contributed by atoms with Crippen molar-refractivity contribution in [3.05, 3.63) is 23.8 Å². The van der Waals surface area contributed by atoms with Crippen LogP contribution >= 0.6 is 0 Å². The summed E-state index contributed by atoms with van der Waals surface area (Å²) in [4.78, 5) is 12.5. The van der Waals surface area contributed by atoms with E-state index in [1.54, 1.807) is 20.8 Å². The van der Waals surface area contributed by atoms with Crippen LogP contribution in [0.3, 0.4) is 0 Å². The molecule has 1 aromatic carbocycles. The molecule has 1 aliphatic heterocycles. The van der Waals surface area contributed by atoms with Gasteiger partial charge in [-0.05, 0) is 57.7 Å². The molecule has 11 heteroatoms. The lowest BCUT2D eigenvalue weighted by Gasteiger charge is -2.30. The molecule has 1 amide bonds. The van der Waals surface area contributed by atoms with Gasteiger partial charge in [0.2, 0.25) is 20.0 Å². The number of methoxy groups -OCH3 is 1. The first-order valence-corrected chi connectivity index (χ1v) is 13.0. The normalized spacial score (nSPS) is 17.0. The summed E-state index contributed by atoms with van der Waals surface area (Å²) in [6.07, 6.45) is 2.51. The van der Waals surface area contributed by atoms with Gasteiger partial charge in [-0.2, -0.15) is 0 Å². The number of sulfonamides is 2. The number of hydrogen-bond donors (Lipinski definition) is 2. The molecule has 1 heterocycles. The van der Waals surface area contributed by atoms with Crippen LogP contribution in [0.4, 0.5) is 0 Å². The number of piperidine rings is 1. The maximum atomic E-state index is 12.7. The number of rotatable bonds is 7. The van der Waals surface area contributed by atoms with E-state index in [4.69, 9.17) is 4.74 Å². The van der Waals surface area contributed by atoms with Crippen molar-refractivity contribution in [3.8, 4) is 5.75 Å². The van der Waals surface area contributed by atoms with E-state index in [9.17, 15) is 21.6 Å². The first-order chi connectivity index (χ1) is 13.7. The summed E-state index contributed by atoms with van der Waals surface area (Å²) >= 11 is 0. The van der Waals surface area contributed by atoms with Gasteiger partial charge in [-0.3, -0.25) is 4.79 Å². The maximum Gasteiger partial charge on any atom is 0.251 e. The van der Waals surface area contributed by atoms with Crippen LogP contribution in [-0.4, -0.2) is 65.6 Å². The third kappa shape index (κ3) is 6.66. The second-order valence-corrected chi connectivity index (χ2v) is 12.2. The van der Waals surface area contributed by atoms with Crippen LogP contribution in [0.2, 0.25) is 0 Å². The summed E-state index contributed by atoms with van der Waals surface area (Å²) < 4.78 is 57.8. The van der Waals surface area contributed by atoms with Gasteiger partial charge in [0.1, 0.15) is 10.6 Å². The topological polar surface area (TPSA) is 122 Å². The predicted molar refractivity (Wildman–Crippen MR) is 115 cm³/mol. The second kappa shape index (κ2) is 9.21. The Bertz CT molecular complexity index is 976. The molecule has 9 nitrogen and oxygen atoms in total. The van der Waals surface area contributed by atoms with Crippen LogP contribution in [0.25, 0.3) is 0 Å². The van der Waals surface area contributed by atoms with Crippen molar-refractivity contribution in [2.24, 2.45) is 5.92 Å². The van der Waals surface area contributed by atoms with Crippen LogP contribution in [0, 0.1) is 5.92 Å². The monoisotopic (exact) mass is 461 g/mol. The molecule has 0 unspecified atom stereocenters. The molecule has 1 fully saturated rings. The van der Waals surface area contributed by atoms with Gasteiger partial charge in [0, 0.05) is 30.7 Å². The highest BCUT2D eigenvalue weighted by atomic mass is 32.2. The Morgan fingerprint density at radius 2 is 1.77 bits per heavy atom. The molecule has 0 aliphatic carbocycles. The lowest BCUT2D eigenvalue weighted by Crippen LogP contribution is -2.41. The molecular weight excluding hydrogens is 430 g/mol. The van der Waals surface area contributed by atoms with E-state index in [2.05, 4.69) is 10.0 Å². The third-order valence-electron chi connectivity index (χ3n) is 4.75. The summed E-state index contributed by atoms with van der Waals surface area (Å²) in [5.74, 6) is -0.0807. The molecule has 1 aromatic rings. The molecule has 2 N–H and O–H groups in total. The lowest BCUT2D eigenvalue weighted by atomic mass is 9.98. The summed E-state index contributed by atoms with van der Waals surface area (Å²) in [5, 5.41) is 2.82. The van der Waals surface area contributed by atoms with Crippen molar-refractivity contribution in [3.63, 3.8) is 0 Å². The van der Waals surface area contributed by atoms with E-state index >= 15 is 0 Å². The summed E-state index contributed by atoms with van der Waals surface area (Å²) in [7, 11) is -5.71. The molecule has 0 radical (unpaired) electrons. The zero-order chi connectivity index (χ0) is 22.7. The highest BCUT2D eigenvalue weighted by molar-refractivity contribution is 7.89. The quantitative estimate of drug-likeness (QED) is 0.629. The Balaban J connectivity index is 2.08. The number of ether oxygens (including phenoxy) is 1. The van der Waals surface area contributed by atoms with Crippen LogP contribution < -0.4 is 14.8 Å². The Kier molecular flexibility index (Phi) is 7.54. The van der Waals surface area contributed by atoms with Crippen LogP contribution in [-0.2, 0) is 20.0 Å². The second-order valence-electron chi connectivity index (χ2n) is 8.54. The molecule has 0 aromatic heterocycles. The molecule has 2 rings (SSSR count). The predicted octanol–water partition coefficient (Wildman–Crippen LogP) is 1.17. The van der Waals surface area contributed by atoms with Gasteiger partial charge in [0.25, 0.3) is 5.91 Å². The van der Waals surface area contributed by atoms with E-state index in [0.717, 1.165) is 0 Å². The molecular formula is C19H31N3O6S2. The van der Waals surface area contributed by atoms with Crippen molar-refractivity contribution in [2.45, 2.75) is 44.0 Å². The molecule has 30 heavy (non-hydrogen) atoms. The van der Waals surface area contributed by atoms with Crippen LogP contribution in [0.15, 0.2) is 23.1 Å². The molecule has 0 spiro atoms. The fraction of sp³-hybridized carbons (Fsp3) is 0.632. The first-order valence-electron chi connectivity index (χ1n) is 9.68. The number of nitrogens with zero attached hydrogens (tertiary/aromatic N) is 1. The number of hydrogen-bond acceptors (Lipinski definition) is 6. The van der Waals surface area contributed by atoms with Gasteiger partial charge in [0.15, 0.2) is 0 Å². The van der Waals surface area contributed by atoms with Crippen molar-refractivity contribution in [2.75, 3.05) is 33.0 Å². The van der Waals surface area contributed by atoms with E-state index in [0.29, 0.717) is 32.5 Å². The fourth-order valence-electron chi connectivity index (χ4n) is 3.27. The molecule has 0 saturated carbocycles. The minimum absolute atomic E-state index is 0.103. The van der Waals surface area contributed by atoms with E-state index in [1.807, 2.05) is 0 Å². The average Bonchev–Trinajstić information content (AvgIpc) is 2.63. The first kappa shape index (κ1) is 24.6. The summed E-state index contributed by atoms with van der Waals surface area (Å²) in [6.45, 7) is 6.43. The minimum Gasteiger partial charge on any atom is -0.495 e. The largest absolute Gasteiger partial charge is 0.495 e. The smallest absolute Gasteiger partial charge is 0.251 e. The molecule has 1 aliphatic rings. The van der Waals surface area contributed by atoms with E-state index < -0.39 is 31.5 Å². The van der Waals surface area contributed by atoms with E-state index in [1.165, 1.54) is 35.9 Å². The SMILES string of the molecule is COc1ccc(C(=O)NCC2CCN(S(C)(=O)=O)CC2)cc1S(=O)(=O)NC(C)(C)C. The summed E-state index contributed by atoms with van der Waals surface area (Å²) in [6, 6.07) is 4.27. The van der Waals surface area contributed by atoms with Gasteiger partial charge in [-0.25, -0.2) is 25.9 Å². The number of carbonyl (C=O) groups excluding carboxylic acids is 1. The van der Waals surface area contributed by atoms with Gasteiger partial charge < -0.3 is 10.1 Å². The Labute approximate surface area is 179 Å². The number of amides is 1. The van der Waals surface area contributed by atoms with Crippen molar-refractivity contribution < 1.29 is 26.4 Å². The zero-order valence-electron chi connectivity index (χ0n) is 18.1. The van der Waals surface area contributed by atoms with Crippen molar-refractivity contribution in [1.29, 1.82) is 0 Å². The zero-order valence-corrected chi connectivity index (χ0v) is 19.7. The van der Waals surface area contributed by atoms with E-state index in [-0.39, 0.29) is 22.1 Å². The van der Waals surface area contributed by atoms with Gasteiger partial charge >= 0.3 is 0 Å². The average molecular weight is 462 g/mol. The van der Waals surface area contributed by atoms with Crippen molar-refractivity contribution in [1.82, 2.24) is 14.3 Å². The molecule has 0 bridgehead atoms.